The molecule has 39 heavy (non-hydrogen) atoms. The van der Waals surface area contributed by atoms with Gasteiger partial charge in [0.2, 0.25) is 5.88 Å². The Bertz CT molecular complexity index is 1620. The lowest BCUT2D eigenvalue weighted by Crippen LogP contribution is -2.56. The van der Waals surface area contributed by atoms with E-state index in [0.717, 1.165) is 55.0 Å². The molecule has 4 aromatic heterocycles. The number of imidazole rings is 1. The SMILES string of the molecule is Cc1c(-c2cc(O[C@H](C)c3ccccn3)n3c(C#N)cnc3c2)nnn1C1CN([C@H]2CC3CCC2N3C#N)C1. The van der Waals surface area contributed by atoms with Crippen molar-refractivity contribution in [3.05, 3.63) is 59.8 Å². The molecule has 0 aromatic carbocycles. The van der Waals surface area contributed by atoms with Crippen molar-refractivity contribution < 1.29 is 4.74 Å². The summed E-state index contributed by atoms with van der Waals surface area (Å²) in [7, 11) is 0. The molecular formula is C28H28N10O. The van der Waals surface area contributed by atoms with Gasteiger partial charge in [-0.2, -0.15) is 10.5 Å². The maximum atomic E-state index is 9.66. The summed E-state index contributed by atoms with van der Waals surface area (Å²) in [5.41, 5.74) is 4.37. The Morgan fingerprint density at radius 1 is 1.08 bits per heavy atom. The van der Waals surface area contributed by atoms with Gasteiger partial charge in [-0.15, -0.1) is 5.10 Å². The van der Waals surface area contributed by atoms with E-state index in [0.29, 0.717) is 35.3 Å². The lowest BCUT2D eigenvalue weighted by Gasteiger charge is -2.45. The highest BCUT2D eigenvalue weighted by atomic mass is 16.5. The smallest absolute Gasteiger partial charge is 0.201 e. The molecule has 0 radical (unpaired) electrons. The second-order valence-corrected chi connectivity index (χ2v) is 10.7. The van der Waals surface area contributed by atoms with E-state index in [4.69, 9.17) is 4.74 Å². The van der Waals surface area contributed by atoms with Crippen LogP contribution in [0.5, 0.6) is 5.88 Å². The summed E-state index contributed by atoms with van der Waals surface area (Å²) in [6, 6.07) is 13.2. The molecule has 4 atom stereocenters. The largest absolute Gasteiger partial charge is 0.469 e. The number of ether oxygens (including phenoxy) is 1. The van der Waals surface area contributed by atoms with Gasteiger partial charge in [0.15, 0.2) is 6.19 Å². The first-order chi connectivity index (χ1) is 19.1. The highest BCUT2D eigenvalue weighted by Gasteiger charge is 2.51. The van der Waals surface area contributed by atoms with Crippen LogP contribution in [0.2, 0.25) is 0 Å². The van der Waals surface area contributed by atoms with Gasteiger partial charge in [-0.25, -0.2) is 9.67 Å². The topological polar surface area (TPSA) is 124 Å². The van der Waals surface area contributed by atoms with Crippen LogP contribution in [0.15, 0.2) is 42.7 Å². The van der Waals surface area contributed by atoms with E-state index < -0.39 is 0 Å². The van der Waals surface area contributed by atoms with Crippen LogP contribution in [0.3, 0.4) is 0 Å². The van der Waals surface area contributed by atoms with E-state index >= 15 is 0 Å². The standard InChI is InChI=1S/C28H28N10O/c1-17-28(33-34-38(17)22-14-35(15-22)25-11-20-6-7-24(25)36(20)16-30)19-9-26-32-13-21(12-29)37(26)27(10-19)39-18(2)23-5-3-4-8-31-23/h3-5,8-10,13,18,20,22,24-25H,6-7,11,14-15H2,1-2H3/t18-,20?,24?,25+/m1/s1. The number of likely N-dealkylation sites (tertiary alicyclic amines) is 1. The van der Waals surface area contributed by atoms with Crippen molar-refractivity contribution in [1.29, 1.82) is 10.5 Å². The van der Waals surface area contributed by atoms with Crippen LogP contribution in [0.25, 0.3) is 16.9 Å². The zero-order valence-corrected chi connectivity index (χ0v) is 21.8. The van der Waals surface area contributed by atoms with Crippen LogP contribution in [-0.4, -0.2) is 70.4 Å². The highest BCUT2D eigenvalue weighted by molar-refractivity contribution is 5.68. The Morgan fingerprint density at radius 3 is 2.69 bits per heavy atom. The van der Waals surface area contributed by atoms with Gasteiger partial charge in [-0.3, -0.25) is 14.3 Å². The average Bonchev–Trinajstić information content (AvgIpc) is 3.70. The third kappa shape index (κ3) is 3.73. The van der Waals surface area contributed by atoms with Crippen molar-refractivity contribution in [3.8, 4) is 29.4 Å². The quantitative estimate of drug-likeness (QED) is 0.352. The molecular weight excluding hydrogens is 492 g/mol. The molecule has 0 N–H and O–H groups in total. The molecule has 11 heteroatoms. The molecule has 7 rings (SSSR count). The molecule has 2 bridgehead atoms. The summed E-state index contributed by atoms with van der Waals surface area (Å²) in [6.07, 6.45) is 8.71. The predicted molar refractivity (Wildman–Crippen MR) is 140 cm³/mol. The number of hydrogen-bond acceptors (Lipinski definition) is 9. The number of nitriles is 2. The van der Waals surface area contributed by atoms with Crippen LogP contribution >= 0.6 is 0 Å². The molecule has 3 fully saturated rings. The lowest BCUT2D eigenvalue weighted by atomic mass is 9.91. The van der Waals surface area contributed by atoms with Gasteiger partial charge in [0.25, 0.3) is 0 Å². The van der Waals surface area contributed by atoms with E-state index in [9.17, 15) is 10.5 Å². The number of aromatic nitrogens is 6. The van der Waals surface area contributed by atoms with E-state index in [1.54, 1.807) is 16.8 Å². The summed E-state index contributed by atoms with van der Waals surface area (Å²) in [5.74, 6) is 0.497. The molecule has 0 aliphatic carbocycles. The van der Waals surface area contributed by atoms with E-state index in [1.165, 1.54) is 0 Å². The maximum Gasteiger partial charge on any atom is 0.201 e. The van der Waals surface area contributed by atoms with Crippen LogP contribution in [0, 0.1) is 29.7 Å². The molecule has 0 amide bonds. The zero-order valence-electron chi connectivity index (χ0n) is 21.8. The summed E-state index contributed by atoms with van der Waals surface area (Å²) >= 11 is 0. The average molecular weight is 521 g/mol. The third-order valence-electron chi connectivity index (χ3n) is 8.62. The summed E-state index contributed by atoms with van der Waals surface area (Å²) < 4.78 is 10.1. The molecule has 11 nitrogen and oxygen atoms in total. The normalized spacial score (nSPS) is 23.5. The number of hydrogen-bond donors (Lipinski definition) is 0. The zero-order chi connectivity index (χ0) is 26.7. The van der Waals surface area contributed by atoms with E-state index in [2.05, 4.69) is 37.4 Å². The van der Waals surface area contributed by atoms with Crippen molar-refractivity contribution in [2.45, 2.75) is 63.4 Å². The molecule has 2 unspecified atom stereocenters. The Morgan fingerprint density at radius 2 is 1.95 bits per heavy atom. The van der Waals surface area contributed by atoms with Crippen molar-refractivity contribution >= 4 is 5.65 Å². The van der Waals surface area contributed by atoms with Crippen molar-refractivity contribution in [2.75, 3.05) is 13.1 Å². The first-order valence-electron chi connectivity index (χ1n) is 13.4. The molecule has 3 aliphatic heterocycles. The number of pyridine rings is 2. The van der Waals surface area contributed by atoms with Gasteiger partial charge in [0, 0.05) is 43.0 Å². The van der Waals surface area contributed by atoms with Crippen LogP contribution in [0.4, 0.5) is 0 Å². The molecule has 7 heterocycles. The first kappa shape index (κ1) is 23.6. The highest BCUT2D eigenvalue weighted by Crippen LogP contribution is 2.42. The monoisotopic (exact) mass is 520 g/mol. The third-order valence-corrected chi connectivity index (χ3v) is 8.62. The van der Waals surface area contributed by atoms with Gasteiger partial charge in [-0.05, 0) is 51.3 Å². The Kier molecular flexibility index (Phi) is 5.49. The molecule has 0 saturated carbocycles. The summed E-state index contributed by atoms with van der Waals surface area (Å²) in [5, 5.41) is 28.3. The fourth-order valence-corrected chi connectivity index (χ4v) is 6.61. The Balaban J connectivity index is 1.15. The number of nitrogens with zero attached hydrogens (tertiary/aromatic N) is 10. The van der Waals surface area contributed by atoms with Gasteiger partial charge in [0.05, 0.1) is 29.7 Å². The van der Waals surface area contributed by atoms with Gasteiger partial charge >= 0.3 is 0 Å². The van der Waals surface area contributed by atoms with Crippen LogP contribution in [-0.2, 0) is 0 Å². The lowest BCUT2D eigenvalue weighted by molar-refractivity contribution is 0.0360. The molecule has 3 aliphatic rings. The molecule has 3 saturated heterocycles. The fraction of sp³-hybridized carbons (Fsp3) is 0.429. The van der Waals surface area contributed by atoms with Gasteiger partial charge in [-0.1, -0.05) is 11.3 Å². The predicted octanol–water partition coefficient (Wildman–Crippen LogP) is 3.25. The van der Waals surface area contributed by atoms with E-state index in [-0.39, 0.29) is 12.1 Å². The Labute approximate surface area is 225 Å². The van der Waals surface area contributed by atoms with Crippen LogP contribution in [0.1, 0.15) is 55.4 Å². The second-order valence-electron chi connectivity index (χ2n) is 10.7. The van der Waals surface area contributed by atoms with E-state index in [1.807, 2.05) is 53.8 Å². The van der Waals surface area contributed by atoms with Crippen molar-refractivity contribution in [2.24, 2.45) is 0 Å². The van der Waals surface area contributed by atoms with Crippen molar-refractivity contribution in [1.82, 2.24) is 39.2 Å². The number of rotatable bonds is 6. The molecule has 196 valence electrons. The molecule has 4 aromatic rings. The minimum atomic E-state index is -0.334. The van der Waals surface area contributed by atoms with Gasteiger partial charge in [0.1, 0.15) is 29.2 Å². The minimum absolute atomic E-state index is 0.251. The molecule has 0 spiro atoms. The number of fused-ring (bicyclic) bond motifs is 3. The van der Waals surface area contributed by atoms with Crippen LogP contribution < -0.4 is 4.74 Å². The minimum Gasteiger partial charge on any atom is -0.469 e. The second kappa shape index (κ2) is 9.07. The maximum absolute atomic E-state index is 9.66. The first-order valence-corrected chi connectivity index (χ1v) is 13.4. The Hall–Kier alpha value is -4.48. The van der Waals surface area contributed by atoms with Crippen molar-refractivity contribution in [3.63, 3.8) is 0 Å². The summed E-state index contributed by atoms with van der Waals surface area (Å²) in [6.45, 7) is 5.80. The summed E-state index contributed by atoms with van der Waals surface area (Å²) in [4.78, 5) is 13.4. The van der Waals surface area contributed by atoms with Gasteiger partial charge < -0.3 is 9.64 Å². The fourth-order valence-electron chi connectivity index (χ4n) is 6.61.